The van der Waals surface area contributed by atoms with Gasteiger partial charge in [0, 0.05) is 50.4 Å². The Bertz CT molecular complexity index is 630. The van der Waals surface area contributed by atoms with Gasteiger partial charge in [-0.2, -0.15) is 0 Å². The minimum Gasteiger partial charge on any atom is -0.484 e. The molecule has 2 aliphatic rings. The van der Waals surface area contributed by atoms with E-state index in [1.807, 2.05) is 6.07 Å². The number of fused-ring (bicyclic) bond motifs is 1. The van der Waals surface area contributed by atoms with E-state index in [2.05, 4.69) is 52.2 Å². The fourth-order valence-corrected chi connectivity index (χ4v) is 3.98. The molecule has 1 atom stereocenters. The zero-order chi connectivity index (χ0) is 15.0. The molecule has 2 aliphatic heterocycles. The van der Waals surface area contributed by atoms with Crippen LogP contribution in [0.2, 0.25) is 0 Å². The first kappa shape index (κ1) is 13.9. The Morgan fingerprint density at radius 2 is 1.82 bits per heavy atom. The minimum atomic E-state index is -0.158. The van der Waals surface area contributed by atoms with Crippen LogP contribution in [-0.2, 0) is 0 Å². The summed E-state index contributed by atoms with van der Waals surface area (Å²) in [5.41, 5.74) is 1.13. The summed E-state index contributed by atoms with van der Waals surface area (Å²) in [6.45, 7) is 2.95. The molecule has 1 N–H and O–H groups in total. The summed E-state index contributed by atoms with van der Waals surface area (Å²) in [7, 11) is 0. The lowest BCUT2D eigenvalue weighted by atomic mass is 9.82. The van der Waals surface area contributed by atoms with Crippen LogP contribution >= 0.6 is 0 Å². The average molecular weight is 298 g/mol. The standard InChI is InChI=1S/C18H22N2O2/c21-14-13-19-11-7-18(8-12-19)17(20-9-3-4-10-20)15-5-1-2-6-16(15)22-18/h1-6,9-10,17,21H,7-8,11-14H2. The highest BCUT2D eigenvalue weighted by atomic mass is 16.5. The van der Waals surface area contributed by atoms with Crippen LogP contribution in [0.5, 0.6) is 5.75 Å². The molecule has 1 unspecified atom stereocenters. The summed E-state index contributed by atoms with van der Waals surface area (Å²) < 4.78 is 8.77. The summed E-state index contributed by atoms with van der Waals surface area (Å²) in [5, 5.41) is 9.14. The van der Waals surface area contributed by atoms with Crippen molar-refractivity contribution in [3.63, 3.8) is 0 Å². The molecule has 22 heavy (non-hydrogen) atoms. The molecule has 1 saturated heterocycles. The molecule has 1 aromatic carbocycles. The Hall–Kier alpha value is -1.78. The fraction of sp³-hybridized carbons (Fsp3) is 0.444. The van der Waals surface area contributed by atoms with Crippen LogP contribution in [0.4, 0.5) is 0 Å². The Morgan fingerprint density at radius 1 is 1.09 bits per heavy atom. The zero-order valence-corrected chi connectivity index (χ0v) is 12.7. The molecule has 1 fully saturated rings. The summed E-state index contributed by atoms with van der Waals surface area (Å²) in [5.74, 6) is 1.02. The Balaban J connectivity index is 1.68. The van der Waals surface area contributed by atoms with Crippen molar-refractivity contribution < 1.29 is 9.84 Å². The van der Waals surface area contributed by atoms with Crippen LogP contribution in [0.1, 0.15) is 24.4 Å². The normalized spacial score (nSPS) is 23.4. The lowest BCUT2D eigenvalue weighted by molar-refractivity contribution is -0.0100. The number of piperidine rings is 1. The van der Waals surface area contributed by atoms with Crippen LogP contribution < -0.4 is 4.74 Å². The van der Waals surface area contributed by atoms with Gasteiger partial charge >= 0.3 is 0 Å². The van der Waals surface area contributed by atoms with Gasteiger partial charge in [-0.15, -0.1) is 0 Å². The highest BCUT2D eigenvalue weighted by molar-refractivity contribution is 5.43. The number of nitrogens with zero attached hydrogens (tertiary/aromatic N) is 2. The van der Waals surface area contributed by atoms with Crippen molar-refractivity contribution >= 4 is 0 Å². The number of para-hydroxylation sites is 1. The van der Waals surface area contributed by atoms with Crippen molar-refractivity contribution in [2.24, 2.45) is 0 Å². The number of ether oxygens (including phenoxy) is 1. The number of aliphatic hydroxyl groups is 1. The van der Waals surface area contributed by atoms with Gasteiger partial charge in [-0.25, -0.2) is 0 Å². The van der Waals surface area contributed by atoms with Gasteiger partial charge in [0.1, 0.15) is 17.4 Å². The molecule has 0 saturated carbocycles. The average Bonchev–Trinajstić information content (AvgIpc) is 3.15. The molecular weight excluding hydrogens is 276 g/mol. The molecule has 4 heteroatoms. The fourth-order valence-electron chi connectivity index (χ4n) is 3.98. The highest BCUT2D eigenvalue weighted by Gasteiger charge is 2.50. The predicted octanol–water partition coefficient (Wildman–Crippen LogP) is 2.30. The molecule has 0 amide bonds. The van der Waals surface area contributed by atoms with Crippen LogP contribution in [0.25, 0.3) is 0 Å². The summed E-state index contributed by atoms with van der Waals surface area (Å²) in [6.07, 6.45) is 6.25. The number of likely N-dealkylation sites (tertiary alicyclic amines) is 1. The van der Waals surface area contributed by atoms with E-state index in [0.717, 1.165) is 38.2 Å². The molecule has 116 valence electrons. The zero-order valence-electron chi connectivity index (χ0n) is 12.7. The lowest BCUT2D eigenvalue weighted by Gasteiger charge is -2.42. The lowest BCUT2D eigenvalue weighted by Crippen LogP contribution is -2.51. The molecule has 1 spiro atoms. The van der Waals surface area contributed by atoms with Gasteiger partial charge in [0.25, 0.3) is 0 Å². The maximum absolute atomic E-state index is 9.14. The van der Waals surface area contributed by atoms with Gasteiger partial charge in [0.2, 0.25) is 0 Å². The second-order valence-corrected chi connectivity index (χ2v) is 6.30. The third-order valence-electron chi connectivity index (χ3n) is 5.07. The van der Waals surface area contributed by atoms with Crippen molar-refractivity contribution in [1.82, 2.24) is 9.47 Å². The van der Waals surface area contributed by atoms with Crippen molar-refractivity contribution in [2.75, 3.05) is 26.2 Å². The first-order chi connectivity index (χ1) is 10.8. The summed E-state index contributed by atoms with van der Waals surface area (Å²) in [4.78, 5) is 2.32. The highest BCUT2D eigenvalue weighted by Crippen LogP contribution is 2.50. The van der Waals surface area contributed by atoms with Crippen molar-refractivity contribution in [3.8, 4) is 5.75 Å². The molecular formula is C18H22N2O2. The molecule has 4 nitrogen and oxygen atoms in total. The third-order valence-corrected chi connectivity index (χ3v) is 5.07. The van der Waals surface area contributed by atoms with Crippen molar-refractivity contribution in [1.29, 1.82) is 0 Å². The molecule has 4 rings (SSSR count). The van der Waals surface area contributed by atoms with Gasteiger partial charge in [0.15, 0.2) is 0 Å². The molecule has 0 radical (unpaired) electrons. The van der Waals surface area contributed by atoms with E-state index >= 15 is 0 Å². The van der Waals surface area contributed by atoms with Gasteiger partial charge in [0.05, 0.1) is 6.61 Å². The number of benzene rings is 1. The molecule has 0 aliphatic carbocycles. The quantitative estimate of drug-likeness (QED) is 0.945. The number of rotatable bonds is 3. The van der Waals surface area contributed by atoms with Crippen LogP contribution in [0.15, 0.2) is 48.8 Å². The largest absolute Gasteiger partial charge is 0.484 e. The first-order valence-electron chi connectivity index (χ1n) is 8.06. The van der Waals surface area contributed by atoms with E-state index in [4.69, 9.17) is 9.84 Å². The minimum absolute atomic E-state index is 0.158. The first-order valence-corrected chi connectivity index (χ1v) is 8.06. The summed E-state index contributed by atoms with van der Waals surface area (Å²) >= 11 is 0. The van der Waals surface area contributed by atoms with Crippen LogP contribution in [0, 0.1) is 0 Å². The van der Waals surface area contributed by atoms with Crippen molar-refractivity contribution in [2.45, 2.75) is 24.5 Å². The number of aliphatic hydroxyl groups excluding tert-OH is 1. The second kappa shape index (κ2) is 5.45. The van der Waals surface area contributed by atoms with Gasteiger partial charge in [-0.1, -0.05) is 18.2 Å². The molecule has 1 aromatic heterocycles. The van der Waals surface area contributed by atoms with Gasteiger partial charge < -0.3 is 19.3 Å². The monoisotopic (exact) mass is 298 g/mol. The van der Waals surface area contributed by atoms with E-state index < -0.39 is 0 Å². The van der Waals surface area contributed by atoms with Crippen LogP contribution in [0.3, 0.4) is 0 Å². The number of hydrogen-bond acceptors (Lipinski definition) is 3. The SMILES string of the molecule is OCCN1CCC2(CC1)Oc1ccccc1C2n1cccc1. The van der Waals surface area contributed by atoms with E-state index in [9.17, 15) is 0 Å². The van der Waals surface area contributed by atoms with Gasteiger partial charge in [-0.3, -0.25) is 0 Å². The maximum atomic E-state index is 9.14. The Labute approximate surface area is 130 Å². The topological polar surface area (TPSA) is 37.6 Å². The summed E-state index contributed by atoms with van der Waals surface area (Å²) in [6, 6.07) is 12.8. The predicted molar refractivity (Wildman–Crippen MR) is 85.1 cm³/mol. The number of hydrogen-bond donors (Lipinski definition) is 1. The second-order valence-electron chi connectivity index (χ2n) is 6.30. The third kappa shape index (κ3) is 2.14. The molecule has 2 aromatic rings. The number of aromatic nitrogens is 1. The van der Waals surface area contributed by atoms with Crippen LogP contribution in [-0.4, -0.2) is 46.4 Å². The van der Waals surface area contributed by atoms with E-state index in [1.54, 1.807) is 0 Å². The molecule has 3 heterocycles. The van der Waals surface area contributed by atoms with E-state index in [-0.39, 0.29) is 18.2 Å². The number of β-amino-alcohol motifs (C(OH)–C–C–N with tert-alkyl or cyclic N) is 1. The van der Waals surface area contributed by atoms with Gasteiger partial charge in [-0.05, 0) is 18.2 Å². The molecule has 0 bridgehead atoms. The Morgan fingerprint density at radius 3 is 2.55 bits per heavy atom. The van der Waals surface area contributed by atoms with Crippen molar-refractivity contribution in [3.05, 3.63) is 54.4 Å². The maximum Gasteiger partial charge on any atom is 0.136 e. The van der Waals surface area contributed by atoms with E-state index in [0.29, 0.717) is 0 Å². The smallest absolute Gasteiger partial charge is 0.136 e. The van der Waals surface area contributed by atoms with E-state index in [1.165, 1.54) is 5.56 Å². The Kier molecular flexibility index (Phi) is 3.43.